The number of ether oxygens (including phenoxy) is 1. The summed E-state index contributed by atoms with van der Waals surface area (Å²) in [4.78, 5) is 13.9. The lowest BCUT2D eigenvalue weighted by atomic mass is 10.0. The Kier molecular flexibility index (Phi) is 4.59. The molecule has 2 saturated heterocycles. The molecule has 0 spiro atoms. The van der Waals surface area contributed by atoms with E-state index in [1.165, 1.54) is 4.31 Å². The topological polar surface area (TPSA) is 66.9 Å². The average Bonchev–Trinajstić information content (AvgIpc) is 2.56. The molecule has 2 aliphatic rings. The Balaban J connectivity index is 1.66. The molecular weight excluding hydrogens is 316 g/mol. The zero-order valence-electron chi connectivity index (χ0n) is 13.3. The third-order valence-corrected chi connectivity index (χ3v) is 6.44. The summed E-state index contributed by atoms with van der Waals surface area (Å²) in [5, 5.41) is 0. The van der Waals surface area contributed by atoms with E-state index in [2.05, 4.69) is 0 Å². The molecule has 7 heteroatoms. The number of hydrogen-bond acceptors (Lipinski definition) is 4. The molecule has 0 aliphatic carbocycles. The number of aryl methyl sites for hydroxylation is 1. The number of amides is 1. The summed E-state index contributed by atoms with van der Waals surface area (Å²) in [6.07, 6.45) is 1.88. The highest BCUT2D eigenvalue weighted by Gasteiger charge is 2.34. The van der Waals surface area contributed by atoms with Crippen LogP contribution in [0.4, 0.5) is 4.79 Å². The third kappa shape index (κ3) is 3.35. The number of nitrogens with zero attached hydrogens (tertiary/aromatic N) is 2. The number of carbonyl (C=O) groups is 1. The molecule has 0 unspecified atom stereocenters. The first kappa shape index (κ1) is 16.3. The monoisotopic (exact) mass is 338 g/mol. The number of sulfonamides is 1. The van der Waals surface area contributed by atoms with Crippen molar-refractivity contribution in [3.05, 3.63) is 29.8 Å². The molecule has 0 atom stereocenters. The zero-order valence-corrected chi connectivity index (χ0v) is 14.1. The number of piperidine rings is 1. The van der Waals surface area contributed by atoms with Gasteiger partial charge in [-0.3, -0.25) is 0 Å². The van der Waals surface area contributed by atoms with E-state index in [0.717, 1.165) is 12.0 Å². The van der Waals surface area contributed by atoms with E-state index in [1.54, 1.807) is 17.0 Å². The van der Waals surface area contributed by atoms with Gasteiger partial charge < -0.3 is 9.64 Å². The number of hydrogen-bond donors (Lipinski definition) is 0. The van der Waals surface area contributed by atoms with Gasteiger partial charge in [-0.15, -0.1) is 0 Å². The van der Waals surface area contributed by atoms with Crippen LogP contribution in [0.5, 0.6) is 0 Å². The summed E-state index contributed by atoms with van der Waals surface area (Å²) in [6.45, 7) is 3.99. The van der Waals surface area contributed by atoms with Gasteiger partial charge >= 0.3 is 6.09 Å². The van der Waals surface area contributed by atoms with Gasteiger partial charge in [0.2, 0.25) is 10.0 Å². The minimum absolute atomic E-state index is 0.0762. The van der Waals surface area contributed by atoms with Crippen molar-refractivity contribution in [3.8, 4) is 0 Å². The standard InChI is InChI=1S/C16H22N2O4S/c1-13-3-5-15(6-4-13)23(20,21)17-10-7-14(8-11-17)18-9-2-12-22-16(18)19/h3-6,14H,2,7-12H2,1H3. The van der Waals surface area contributed by atoms with E-state index in [-0.39, 0.29) is 12.1 Å². The molecule has 1 amide bonds. The van der Waals surface area contributed by atoms with Crippen molar-refractivity contribution in [2.75, 3.05) is 26.2 Å². The van der Waals surface area contributed by atoms with Crippen LogP contribution >= 0.6 is 0 Å². The number of carbonyl (C=O) groups excluding carboxylic acids is 1. The van der Waals surface area contributed by atoms with Gasteiger partial charge in [0.1, 0.15) is 0 Å². The Morgan fingerprint density at radius 3 is 2.35 bits per heavy atom. The van der Waals surface area contributed by atoms with Crippen molar-refractivity contribution in [1.82, 2.24) is 9.21 Å². The van der Waals surface area contributed by atoms with Crippen molar-refractivity contribution >= 4 is 16.1 Å². The van der Waals surface area contributed by atoms with Crippen molar-refractivity contribution in [1.29, 1.82) is 0 Å². The predicted octanol–water partition coefficient (Wildman–Crippen LogP) is 1.99. The van der Waals surface area contributed by atoms with Crippen LogP contribution < -0.4 is 0 Å². The normalized spacial score (nSPS) is 21.3. The van der Waals surface area contributed by atoms with Gasteiger partial charge in [0.25, 0.3) is 0 Å². The van der Waals surface area contributed by atoms with Crippen molar-refractivity contribution < 1.29 is 17.9 Å². The van der Waals surface area contributed by atoms with Crippen molar-refractivity contribution in [2.24, 2.45) is 0 Å². The van der Waals surface area contributed by atoms with E-state index in [0.29, 0.717) is 44.0 Å². The third-order valence-electron chi connectivity index (χ3n) is 4.53. The van der Waals surface area contributed by atoms with Crippen LogP contribution in [0.1, 0.15) is 24.8 Å². The van der Waals surface area contributed by atoms with E-state index in [1.807, 2.05) is 19.1 Å². The first-order chi connectivity index (χ1) is 11.0. The molecule has 23 heavy (non-hydrogen) atoms. The molecule has 126 valence electrons. The summed E-state index contributed by atoms with van der Waals surface area (Å²) < 4.78 is 31.9. The van der Waals surface area contributed by atoms with Crippen LogP contribution in [0.15, 0.2) is 29.2 Å². The first-order valence-corrected chi connectivity index (χ1v) is 9.43. The minimum atomic E-state index is -3.45. The Labute approximate surface area is 137 Å². The van der Waals surface area contributed by atoms with Crippen LogP contribution in [0, 0.1) is 6.92 Å². The Bertz CT molecular complexity index is 664. The van der Waals surface area contributed by atoms with Crippen LogP contribution in [-0.4, -0.2) is 56.0 Å². The fourth-order valence-electron chi connectivity index (χ4n) is 3.15. The van der Waals surface area contributed by atoms with Gasteiger partial charge in [-0.2, -0.15) is 4.31 Å². The minimum Gasteiger partial charge on any atom is -0.449 e. The summed E-state index contributed by atoms with van der Waals surface area (Å²) in [7, 11) is -3.45. The molecule has 0 saturated carbocycles. The van der Waals surface area contributed by atoms with Crippen LogP contribution in [0.25, 0.3) is 0 Å². The van der Waals surface area contributed by atoms with Gasteiger partial charge in [-0.25, -0.2) is 13.2 Å². The van der Waals surface area contributed by atoms with Gasteiger partial charge in [0.15, 0.2) is 0 Å². The molecule has 0 radical (unpaired) electrons. The molecule has 2 fully saturated rings. The molecule has 0 aromatic heterocycles. The van der Waals surface area contributed by atoms with Crippen LogP contribution in [0.3, 0.4) is 0 Å². The Morgan fingerprint density at radius 1 is 1.09 bits per heavy atom. The molecule has 0 bridgehead atoms. The van der Waals surface area contributed by atoms with Gasteiger partial charge in [0.05, 0.1) is 11.5 Å². The largest absolute Gasteiger partial charge is 0.449 e. The summed E-state index contributed by atoms with van der Waals surface area (Å²) in [5.41, 5.74) is 1.03. The number of benzene rings is 1. The van der Waals surface area contributed by atoms with Crippen LogP contribution in [0.2, 0.25) is 0 Å². The van der Waals surface area contributed by atoms with E-state index >= 15 is 0 Å². The molecule has 1 aromatic carbocycles. The van der Waals surface area contributed by atoms with Gasteiger partial charge in [-0.1, -0.05) is 17.7 Å². The number of rotatable bonds is 3. The fraction of sp³-hybridized carbons (Fsp3) is 0.562. The smallest absolute Gasteiger partial charge is 0.410 e. The lowest BCUT2D eigenvalue weighted by molar-refractivity contribution is 0.0442. The average molecular weight is 338 g/mol. The van der Waals surface area contributed by atoms with E-state index in [4.69, 9.17) is 4.74 Å². The maximum Gasteiger partial charge on any atom is 0.410 e. The molecule has 1 aromatic rings. The summed E-state index contributed by atoms with van der Waals surface area (Å²) in [5.74, 6) is 0. The number of cyclic esters (lactones) is 1. The molecule has 2 heterocycles. The highest BCUT2D eigenvalue weighted by Crippen LogP contribution is 2.24. The quantitative estimate of drug-likeness (QED) is 0.845. The lowest BCUT2D eigenvalue weighted by Gasteiger charge is -2.39. The summed E-state index contributed by atoms with van der Waals surface area (Å²) in [6, 6.07) is 7.00. The van der Waals surface area contributed by atoms with Gasteiger partial charge in [0, 0.05) is 25.7 Å². The lowest BCUT2D eigenvalue weighted by Crippen LogP contribution is -2.50. The van der Waals surface area contributed by atoms with Gasteiger partial charge in [-0.05, 0) is 38.3 Å². The maximum absolute atomic E-state index is 12.7. The Morgan fingerprint density at radius 2 is 1.74 bits per heavy atom. The van der Waals surface area contributed by atoms with Crippen molar-refractivity contribution in [3.63, 3.8) is 0 Å². The molecule has 0 N–H and O–H groups in total. The van der Waals surface area contributed by atoms with Crippen molar-refractivity contribution in [2.45, 2.75) is 37.1 Å². The maximum atomic E-state index is 12.7. The Hall–Kier alpha value is -1.60. The SMILES string of the molecule is Cc1ccc(S(=O)(=O)N2CCC(N3CCCOC3=O)CC2)cc1. The molecule has 2 aliphatic heterocycles. The van der Waals surface area contributed by atoms with E-state index in [9.17, 15) is 13.2 Å². The zero-order chi connectivity index (χ0) is 16.4. The summed E-state index contributed by atoms with van der Waals surface area (Å²) >= 11 is 0. The highest BCUT2D eigenvalue weighted by molar-refractivity contribution is 7.89. The second kappa shape index (κ2) is 6.49. The first-order valence-electron chi connectivity index (χ1n) is 7.99. The molecular formula is C16H22N2O4S. The van der Waals surface area contributed by atoms with Crippen LogP contribution in [-0.2, 0) is 14.8 Å². The second-order valence-electron chi connectivity index (χ2n) is 6.11. The highest BCUT2D eigenvalue weighted by atomic mass is 32.2. The molecule has 6 nitrogen and oxygen atoms in total. The second-order valence-corrected chi connectivity index (χ2v) is 8.05. The molecule has 3 rings (SSSR count). The fourth-order valence-corrected chi connectivity index (χ4v) is 4.62. The van der Waals surface area contributed by atoms with E-state index < -0.39 is 10.0 Å². The predicted molar refractivity (Wildman–Crippen MR) is 85.6 cm³/mol.